The Kier molecular flexibility index (Phi) is 6.43. The molecule has 0 aliphatic carbocycles. The van der Waals surface area contributed by atoms with Crippen LogP contribution < -0.4 is 10.1 Å². The Labute approximate surface area is 109 Å². The number of anilines is 1. The fraction of sp³-hybridized carbons (Fsp3) is 0.692. The van der Waals surface area contributed by atoms with Crippen LogP contribution in [0, 0.1) is 5.92 Å². The van der Waals surface area contributed by atoms with E-state index in [-0.39, 0.29) is 12.7 Å². The zero-order valence-electron chi connectivity index (χ0n) is 11.4. The molecule has 1 aromatic rings. The largest absolute Gasteiger partial charge is 0.475 e. The monoisotopic (exact) mass is 253 g/mol. The number of hydrogen-bond donors (Lipinski definition) is 2. The average molecular weight is 253 g/mol. The molecule has 0 saturated heterocycles. The maximum atomic E-state index is 8.93. The van der Waals surface area contributed by atoms with Crippen molar-refractivity contribution in [3.63, 3.8) is 0 Å². The molecule has 1 heterocycles. The SMILES string of the molecule is CCC(CCO)CNc1cc(OC(C)C)ncn1. The number of aliphatic hydroxyl groups excluding tert-OH is 1. The van der Waals surface area contributed by atoms with E-state index >= 15 is 0 Å². The summed E-state index contributed by atoms with van der Waals surface area (Å²) < 4.78 is 5.50. The van der Waals surface area contributed by atoms with Crippen LogP contribution in [0.5, 0.6) is 5.88 Å². The summed E-state index contributed by atoms with van der Waals surface area (Å²) in [7, 11) is 0. The minimum atomic E-state index is 0.102. The van der Waals surface area contributed by atoms with Gasteiger partial charge in [-0.1, -0.05) is 13.3 Å². The lowest BCUT2D eigenvalue weighted by Gasteiger charge is -2.15. The summed E-state index contributed by atoms with van der Waals surface area (Å²) in [6.45, 7) is 7.07. The van der Waals surface area contributed by atoms with Gasteiger partial charge >= 0.3 is 0 Å². The summed E-state index contributed by atoms with van der Waals surface area (Å²) >= 11 is 0. The summed E-state index contributed by atoms with van der Waals surface area (Å²) in [6.07, 6.45) is 3.44. The molecule has 0 amide bonds. The Hall–Kier alpha value is -1.36. The van der Waals surface area contributed by atoms with E-state index < -0.39 is 0 Å². The highest BCUT2D eigenvalue weighted by Gasteiger charge is 2.07. The minimum Gasteiger partial charge on any atom is -0.475 e. The molecule has 1 rings (SSSR count). The third kappa shape index (κ3) is 5.31. The lowest BCUT2D eigenvalue weighted by molar-refractivity contribution is 0.232. The number of aromatic nitrogens is 2. The maximum Gasteiger partial charge on any atom is 0.218 e. The second-order valence-electron chi connectivity index (χ2n) is 4.58. The maximum absolute atomic E-state index is 8.93. The smallest absolute Gasteiger partial charge is 0.218 e. The van der Waals surface area contributed by atoms with Gasteiger partial charge in [-0.2, -0.15) is 0 Å². The van der Waals surface area contributed by atoms with E-state index in [4.69, 9.17) is 9.84 Å². The first-order valence-electron chi connectivity index (χ1n) is 6.49. The van der Waals surface area contributed by atoms with Gasteiger partial charge in [0.05, 0.1) is 6.10 Å². The Morgan fingerprint density at radius 2 is 2.17 bits per heavy atom. The summed E-state index contributed by atoms with van der Waals surface area (Å²) in [4.78, 5) is 8.20. The van der Waals surface area contributed by atoms with Crippen molar-refractivity contribution >= 4 is 5.82 Å². The predicted molar refractivity (Wildman–Crippen MR) is 71.8 cm³/mol. The van der Waals surface area contributed by atoms with Crippen molar-refractivity contribution in [2.45, 2.75) is 39.7 Å². The van der Waals surface area contributed by atoms with Gasteiger partial charge in [0, 0.05) is 19.2 Å². The van der Waals surface area contributed by atoms with E-state index in [1.165, 1.54) is 6.33 Å². The van der Waals surface area contributed by atoms with Crippen molar-refractivity contribution in [3.8, 4) is 5.88 Å². The number of hydrogen-bond acceptors (Lipinski definition) is 5. The van der Waals surface area contributed by atoms with Gasteiger partial charge in [0.15, 0.2) is 0 Å². The van der Waals surface area contributed by atoms with Crippen molar-refractivity contribution in [3.05, 3.63) is 12.4 Å². The second kappa shape index (κ2) is 7.87. The first-order chi connectivity index (χ1) is 8.65. The van der Waals surface area contributed by atoms with Gasteiger partial charge in [-0.3, -0.25) is 0 Å². The van der Waals surface area contributed by atoms with Crippen LogP contribution in [-0.4, -0.2) is 34.3 Å². The molecule has 0 aromatic carbocycles. The van der Waals surface area contributed by atoms with Gasteiger partial charge in [0.25, 0.3) is 0 Å². The normalized spacial score (nSPS) is 12.5. The van der Waals surface area contributed by atoms with E-state index in [1.807, 2.05) is 13.8 Å². The lowest BCUT2D eigenvalue weighted by atomic mass is 10.0. The molecule has 5 nitrogen and oxygen atoms in total. The van der Waals surface area contributed by atoms with Crippen molar-refractivity contribution in [1.82, 2.24) is 9.97 Å². The van der Waals surface area contributed by atoms with Gasteiger partial charge < -0.3 is 15.2 Å². The Morgan fingerprint density at radius 3 is 2.78 bits per heavy atom. The molecule has 0 spiro atoms. The lowest BCUT2D eigenvalue weighted by Crippen LogP contribution is -2.16. The highest BCUT2D eigenvalue weighted by atomic mass is 16.5. The molecule has 1 atom stereocenters. The van der Waals surface area contributed by atoms with Crippen LogP contribution in [0.2, 0.25) is 0 Å². The summed E-state index contributed by atoms with van der Waals surface area (Å²) in [5.74, 6) is 1.80. The summed E-state index contributed by atoms with van der Waals surface area (Å²) in [5.41, 5.74) is 0. The number of ether oxygens (including phenoxy) is 1. The Morgan fingerprint density at radius 1 is 1.39 bits per heavy atom. The van der Waals surface area contributed by atoms with E-state index in [1.54, 1.807) is 6.07 Å². The topological polar surface area (TPSA) is 67.3 Å². The Bertz CT molecular complexity index is 345. The van der Waals surface area contributed by atoms with E-state index in [0.717, 1.165) is 25.2 Å². The molecule has 5 heteroatoms. The quantitative estimate of drug-likeness (QED) is 0.742. The molecule has 0 fully saturated rings. The van der Waals surface area contributed by atoms with Gasteiger partial charge in [-0.25, -0.2) is 9.97 Å². The number of aliphatic hydroxyl groups is 1. The predicted octanol–water partition coefficient (Wildman–Crippen LogP) is 2.08. The molecule has 0 aliphatic rings. The molecule has 0 bridgehead atoms. The number of nitrogens with one attached hydrogen (secondary N) is 1. The molecule has 2 N–H and O–H groups in total. The number of rotatable bonds is 8. The molecule has 0 aliphatic heterocycles. The molecule has 1 unspecified atom stereocenters. The van der Waals surface area contributed by atoms with Crippen molar-refractivity contribution in [1.29, 1.82) is 0 Å². The van der Waals surface area contributed by atoms with Gasteiger partial charge in [-0.05, 0) is 26.2 Å². The van der Waals surface area contributed by atoms with Crippen LogP contribution in [-0.2, 0) is 0 Å². The third-order valence-corrected chi connectivity index (χ3v) is 2.68. The van der Waals surface area contributed by atoms with Crippen molar-refractivity contribution < 1.29 is 9.84 Å². The van der Waals surface area contributed by atoms with E-state index in [2.05, 4.69) is 22.2 Å². The average Bonchev–Trinajstić information content (AvgIpc) is 2.34. The highest BCUT2D eigenvalue weighted by molar-refractivity contribution is 5.37. The third-order valence-electron chi connectivity index (χ3n) is 2.68. The van der Waals surface area contributed by atoms with Crippen LogP contribution in [0.1, 0.15) is 33.6 Å². The highest BCUT2D eigenvalue weighted by Crippen LogP contribution is 2.14. The summed E-state index contributed by atoms with van der Waals surface area (Å²) in [5, 5.41) is 12.2. The standard InChI is InChI=1S/C13H23N3O2/c1-4-11(5-6-17)8-14-12-7-13(16-9-15-12)18-10(2)3/h7,9-11,17H,4-6,8H2,1-3H3,(H,14,15,16). The van der Waals surface area contributed by atoms with Gasteiger partial charge in [0.1, 0.15) is 12.1 Å². The second-order valence-corrected chi connectivity index (χ2v) is 4.58. The molecule has 18 heavy (non-hydrogen) atoms. The molecule has 0 radical (unpaired) electrons. The van der Waals surface area contributed by atoms with Crippen molar-refractivity contribution in [2.24, 2.45) is 5.92 Å². The molecule has 1 aromatic heterocycles. The minimum absolute atomic E-state index is 0.102. The first kappa shape index (κ1) is 14.7. The van der Waals surface area contributed by atoms with Crippen LogP contribution in [0.15, 0.2) is 12.4 Å². The van der Waals surface area contributed by atoms with Crippen LogP contribution in [0.25, 0.3) is 0 Å². The molecule has 102 valence electrons. The molecular weight excluding hydrogens is 230 g/mol. The first-order valence-corrected chi connectivity index (χ1v) is 6.49. The van der Waals surface area contributed by atoms with E-state index in [9.17, 15) is 0 Å². The zero-order valence-corrected chi connectivity index (χ0v) is 11.4. The van der Waals surface area contributed by atoms with Crippen molar-refractivity contribution in [2.75, 3.05) is 18.5 Å². The van der Waals surface area contributed by atoms with Crippen LogP contribution >= 0.6 is 0 Å². The fourth-order valence-electron chi connectivity index (χ4n) is 1.62. The van der Waals surface area contributed by atoms with Gasteiger partial charge in [-0.15, -0.1) is 0 Å². The Balaban J connectivity index is 2.51. The molecular formula is C13H23N3O2. The van der Waals surface area contributed by atoms with E-state index in [0.29, 0.717) is 11.8 Å². The number of nitrogens with zero attached hydrogens (tertiary/aromatic N) is 2. The van der Waals surface area contributed by atoms with Gasteiger partial charge in [0.2, 0.25) is 5.88 Å². The molecule has 0 saturated carbocycles. The summed E-state index contributed by atoms with van der Waals surface area (Å²) in [6, 6.07) is 1.80. The van der Waals surface area contributed by atoms with Crippen LogP contribution in [0.3, 0.4) is 0 Å². The fourth-order valence-corrected chi connectivity index (χ4v) is 1.62. The zero-order chi connectivity index (χ0) is 13.4. The van der Waals surface area contributed by atoms with Crippen LogP contribution in [0.4, 0.5) is 5.82 Å².